The van der Waals surface area contributed by atoms with Gasteiger partial charge in [0.05, 0.1) is 12.5 Å². The third kappa shape index (κ3) is 3.43. The Balaban J connectivity index is 1.34. The predicted octanol–water partition coefficient (Wildman–Crippen LogP) is 1.74. The highest BCUT2D eigenvalue weighted by molar-refractivity contribution is 6.02. The molecule has 1 atom stereocenters. The Labute approximate surface area is 157 Å². The number of carbonyl (C=O) groups excluding carboxylic acids is 3. The lowest BCUT2D eigenvalue weighted by atomic mass is 10.1. The van der Waals surface area contributed by atoms with Gasteiger partial charge in [-0.3, -0.25) is 14.4 Å². The number of hydrogen-bond donors (Lipinski definition) is 1. The smallest absolute Gasteiger partial charge is 0.246 e. The van der Waals surface area contributed by atoms with E-state index in [9.17, 15) is 14.4 Å². The van der Waals surface area contributed by atoms with Gasteiger partial charge < -0.3 is 15.1 Å². The van der Waals surface area contributed by atoms with E-state index in [4.69, 9.17) is 0 Å². The Bertz CT molecular complexity index is 881. The average Bonchev–Trinajstić information content (AvgIpc) is 3.30. The summed E-state index contributed by atoms with van der Waals surface area (Å²) < 4.78 is 0. The van der Waals surface area contributed by atoms with Crippen LogP contribution in [-0.4, -0.2) is 37.4 Å². The van der Waals surface area contributed by atoms with Gasteiger partial charge in [-0.25, -0.2) is 0 Å². The Morgan fingerprint density at radius 3 is 2.59 bits per heavy atom. The Kier molecular flexibility index (Phi) is 4.62. The Morgan fingerprint density at radius 1 is 1.04 bits per heavy atom. The lowest BCUT2D eigenvalue weighted by Crippen LogP contribution is -2.42. The number of benzene rings is 2. The molecule has 138 valence electrons. The van der Waals surface area contributed by atoms with Crippen molar-refractivity contribution < 1.29 is 14.4 Å². The number of para-hydroxylation sites is 2. The molecule has 2 heterocycles. The van der Waals surface area contributed by atoms with Crippen molar-refractivity contribution in [1.29, 1.82) is 0 Å². The molecular weight excluding hydrogens is 342 g/mol. The van der Waals surface area contributed by atoms with Gasteiger partial charge in [-0.1, -0.05) is 36.4 Å². The van der Waals surface area contributed by atoms with Crippen LogP contribution in [-0.2, 0) is 20.8 Å². The quantitative estimate of drug-likeness (QED) is 0.900. The summed E-state index contributed by atoms with van der Waals surface area (Å²) in [5, 5.41) is 2.72. The lowest BCUT2D eigenvalue weighted by molar-refractivity contribution is -0.128. The molecule has 27 heavy (non-hydrogen) atoms. The Hall–Kier alpha value is -3.15. The zero-order valence-electron chi connectivity index (χ0n) is 14.9. The summed E-state index contributed by atoms with van der Waals surface area (Å²) in [6.07, 6.45) is 1.00. The Morgan fingerprint density at radius 2 is 1.78 bits per heavy atom. The number of anilines is 2. The van der Waals surface area contributed by atoms with Gasteiger partial charge >= 0.3 is 0 Å². The monoisotopic (exact) mass is 363 g/mol. The molecule has 2 aromatic rings. The van der Waals surface area contributed by atoms with Crippen LogP contribution in [0.1, 0.15) is 12.0 Å². The van der Waals surface area contributed by atoms with Gasteiger partial charge in [0.2, 0.25) is 17.7 Å². The van der Waals surface area contributed by atoms with Crippen molar-refractivity contribution in [1.82, 2.24) is 5.32 Å². The maximum atomic E-state index is 12.5. The third-order valence-electron chi connectivity index (χ3n) is 5.17. The summed E-state index contributed by atoms with van der Waals surface area (Å²) in [6.45, 7) is 0.927. The second-order valence-corrected chi connectivity index (χ2v) is 6.88. The van der Waals surface area contributed by atoms with Crippen LogP contribution >= 0.6 is 0 Å². The molecule has 0 aromatic heterocycles. The van der Waals surface area contributed by atoms with Crippen molar-refractivity contribution in [3.8, 4) is 0 Å². The molecular formula is C21H21N3O3. The van der Waals surface area contributed by atoms with Gasteiger partial charge in [-0.05, 0) is 30.2 Å². The number of nitrogens with one attached hydrogen (secondary N) is 1. The van der Waals surface area contributed by atoms with Gasteiger partial charge in [0.1, 0.15) is 0 Å². The van der Waals surface area contributed by atoms with E-state index in [2.05, 4.69) is 5.32 Å². The molecule has 1 unspecified atom stereocenters. The van der Waals surface area contributed by atoms with Crippen LogP contribution in [0.4, 0.5) is 11.4 Å². The summed E-state index contributed by atoms with van der Waals surface area (Å²) in [6, 6.07) is 17.1. The molecule has 0 spiro atoms. The average molecular weight is 363 g/mol. The van der Waals surface area contributed by atoms with Crippen LogP contribution in [0.5, 0.6) is 0 Å². The van der Waals surface area contributed by atoms with E-state index in [1.54, 1.807) is 9.80 Å². The molecule has 1 N–H and O–H groups in total. The van der Waals surface area contributed by atoms with Crippen LogP contribution in [0, 0.1) is 5.92 Å². The summed E-state index contributed by atoms with van der Waals surface area (Å²) >= 11 is 0. The molecule has 0 radical (unpaired) electrons. The minimum Gasteiger partial charge on any atom is -0.347 e. The highest BCUT2D eigenvalue weighted by atomic mass is 16.2. The van der Waals surface area contributed by atoms with Gasteiger partial charge in [0.15, 0.2) is 0 Å². The zero-order chi connectivity index (χ0) is 18.8. The number of nitrogens with zero attached hydrogens (tertiary/aromatic N) is 2. The molecule has 2 aromatic carbocycles. The minimum atomic E-state index is -0.434. The number of hydrogen-bond acceptors (Lipinski definition) is 3. The van der Waals surface area contributed by atoms with Crippen molar-refractivity contribution in [3.05, 3.63) is 60.2 Å². The van der Waals surface area contributed by atoms with Gasteiger partial charge in [0.25, 0.3) is 0 Å². The SMILES string of the molecule is O=C(NCC(=O)N1CCc2ccccc21)C1CC(=O)N(c2ccccc2)C1. The third-order valence-corrected chi connectivity index (χ3v) is 5.17. The molecule has 0 aliphatic carbocycles. The topological polar surface area (TPSA) is 69.7 Å². The maximum Gasteiger partial charge on any atom is 0.246 e. The minimum absolute atomic E-state index is 0.0524. The standard InChI is InChI=1S/C21H21N3O3/c25-19-12-16(14-24(19)17-7-2-1-3-8-17)21(27)22-13-20(26)23-11-10-15-6-4-5-9-18(15)23/h1-9,16H,10-14H2,(H,22,27). The maximum absolute atomic E-state index is 12.5. The van der Waals surface area contributed by atoms with Crippen LogP contribution in [0.25, 0.3) is 0 Å². The first kappa shape index (κ1) is 17.3. The van der Waals surface area contributed by atoms with E-state index in [1.165, 1.54) is 0 Å². The summed E-state index contributed by atoms with van der Waals surface area (Å²) in [5.41, 5.74) is 2.86. The molecule has 6 heteroatoms. The van der Waals surface area contributed by atoms with Crippen molar-refractivity contribution in [2.24, 2.45) is 5.92 Å². The van der Waals surface area contributed by atoms with E-state index in [-0.39, 0.29) is 30.7 Å². The molecule has 1 fully saturated rings. The molecule has 3 amide bonds. The number of amides is 3. The fourth-order valence-electron chi connectivity index (χ4n) is 3.74. The molecule has 1 saturated heterocycles. The van der Waals surface area contributed by atoms with Crippen molar-refractivity contribution in [3.63, 3.8) is 0 Å². The van der Waals surface area contributed by atoms with Gasteiger partial charge in [0, 0.05) is 30.9 Å². The molecule has 0 saturated carbocycles. The van der Waals surface area contributed by atoms with Crippen LogP contribution in [0.15, 0.2) is 54.6 Å². The summed E-state index contributed by atoms with van der Waals surface area (Å²) in [4.78, 5) is 40.6. The molecule has 2 aliphatic rings. The number of carbonyl (C=O) groups is 3. The summed E-state index contributed by atoms with van der Waals surface area (Å²) in [5.74, 6) is -0.877. The molecule has 4 rings (SSSR count). The predicted molar refractivity (Wildman–Crippen MR) is 102 cm³/mol. The van der Waals surface area contributed by atoms with Crippen molar-refractivity contribution >= 4 is 29.1 Å². The van der Waals surface area contributed by atoms with E-state index in [0.29, 0.717) is 13.1 Å². The van der Waals surface area contributed by atoms with Crippen LogP contribution in [0.2, 0.25) is 0 Å². The molecule has 0 bridgehead atoms. The van der Waals surface area contributed by atoms with E-state index in [0.717, 1.165) is 23.4 Å². The van der Waals surface area contributed by atoms with E-state index >= 15 is 0 Å². The number of fused-ring (bicyclic) bond motifs is 1. The summed E-state index contributed by atoms with van der Waals surface area (Å²) in [7, 11) is 0. The van der Waals surface area contributed by atoms with E-state index < -0.39 is 5.92 Å². The fourth-order valence-corrected chi connectivity index (χ4v) is 3.74. The molecule has 2 aliphatic heterocycles. The second kappa shape index (κ2) is 7.23. The molecule has 6 nitrogen and oxygen atoms in total. The van der Waals surface area contributed by atoms with Gasteiger partial charge in [-0.15, -0.1) is 0 Å². The van der Waals surface area contributed by atoms with Gasteiger partial charge in [-0.2, -0.15) is 0 Å². The number of rotatable bonds is 4. The highest BCUT2D eigenvalue weighted by Crippen LogP contribution is 2.27. The van der Waals surface area contributed by atoms with E-state index in [1.807, 2.05) is 54.6 Å². The normalized spacial score (nSPS) is 18.5. The highest BCUT2D eigenvalue weighted by Gasteiger charge is 2.35. The van der Waals surface area contributed by atoms with Crippen LogP contribution in [0.3, 0.4) is 0 Å². The first-order valence-electron chi connectivity index (χ1n) is 9.15. The first-order chi connectivity index (χ1) is 13.1. The zero-order valence-corrected chi connectivity index (χ0v) is 14.9. The van der Waals surface area contributed by atoms with Crippen molar-refractivity contribution in [2.75, 3.05) is 29.4 Å². The van der Waals surface area contributed by atoms with Crippen molar-refractivity contribution in [2.45, 2.75) is 12.8 Å². The fraction of sp³-hybridized carbons (Fsp3) is 0.286. The first-order valence-corrected chi connectivity index (χ1v) is 9.15. The lowest BCUT2D eigenvalue weighted by Gasteiger charge is -2.19. The largest absolute Gasteiger partial charge is 0.347 e. The van der Waals surface area contributed by atoms with Crippen LogP contribution < -0.4 is 15.1 Å². The second-order valence-electron chi connectivity index (χ2n) is 6.88.